The van der Waals surface area contributed by atoms with E-state index in [1.54, 1.807) is 30.5 Å². The fourth-order valence-electron chi connectivity index (χ4n) is 1.49. The van der Waals surface area contributed by atoms with Gasteiger partial charge in [0.15, 0.2) is 0 Å². The van der Waals surface area contributed by atoms with Gasteiger partial charge in [-0.05, 0) is 29.8 Å². The van der Waals surface area contributed by atoms with Crippen LogP contribution in [0.3, 0.4) is 0 Å². The lowest BCUT2D eigenvalue weighted by atomic mass is 10.1. The molecule has 2 rings (SSSR count). The maximum Gasteiger partial charge on any atom is 0.147 e. The number of rotatable bonds is 1. The quantitative estimate of drug-likeness (QED) is 0.737. The van der Waals surface area contributed by atoms with Crippen LogP contribution >= 0.6 is 0 Å². The molecular weight excluding hydrogens is 205 g/mol. The normalized spacial score (nSPS) is 9.44. The van der Waals surface area contributed by atoms with Gasteiger partial charge in [-0.3, -0.25) is 0 Å². The summed E-state index contributed by atoms with van der Waals surface area (Å²) >= 11 is 0. The number of benzene rings is 1. The van der Waals surface area contributed by atoms with Gasteiger partial charge in [0, 0.05) is 11.6 Å². The second kappa shape index (κ2) is 3.88. The Labute approximate surface area is 91.0 Å². The van der Waals surface area contributed by atoms with E-state index in [2.05, 4.69) is 4.98 Å². The van der Waals surface area contributed by atoms with Gasteiger partial charge in [0.2, 0.25) is 0 Å². The summed E-state index contributed by atoms with van der Waals surface area (Å²) in [7, 11) is 0. The van der Waals surface area contributed by atoms with Gasteiger partial charge in [-0.2, -0.15) is 10.5 Å². The molecule has 0 spiro atoms. The molecule has 2 aromatic rings. The second-order valence-corrected chi connectivity index (χ2v) is 3.23. The van der Waals surface area contributed by atoms with E-state index in [9.17, 15) is 4.39 Å². The third-order valence-electron chi connectivity index (χ3n) is 2.19. The molecule has 1 heterocycles. The molecular formula is C12H6FN3. The first-order chi connectivity index (χ1) is 7.74. The van der Waals surface area contributed by atoms with Crippen LogP contribution in [0, 0.1) is 28.5 Å². The van der Waals surface area contributed by atoms with Gasteiger partial charge >= 0.3 is 0 Å². The van der Waals surface area contributed by atoms with Crippen LogP contribution < -0.4 is 0 Å². The van der Waals surface area contributed by atoms with E-state index in [0.717, 1.165) is 0 Å². The van der Waals surface area contributed by atoms with Crippen molar-refractivity contribution in [2.24, 2.45) is 0 Å². The van der Waals surface area contributed by atoms with Gasteiger partial charge in [0.05, 0.1) is 5.52 Å². The number of halogens is 1. The van der Waals surface area contributed by atoms with Gasteiger partial charge in [-0.15, -0.1) is 0 Å². The molecule has 1 aromatic heterocycles. The van der Waals surface area contributed by atoms with Crippen molar-refractivity contribution in [1.29, 1.82) is 10.5 Å². The first kappa shape index (κ1) is 9.95. The molecule has 0 aliphatic rings. The highest BCUT2D eigenvalue weighted by Gasteiger charge is 2.04. The molecule has 3 nitrogen and oxygen atoms in total. The second-order valence-electron chi connectivity index (χ2n) is 3.23. The standard InChI is InChI=1S/C12H6FN3/c13-11-5-8(3-9(6-14)7-15)4-10-1-2-16-12(10)11/h1-5,16H. The molecule has 0 radical (unpaired) electrons. The van der Waals surface area contributed by atoms with Crippen molar-refractivity contribution in [2.45, 2.75) is 0 Å². The third-order valence-corrected chi connectivity index (χ3v) is 2.19. The number of allylic oxidation sites excluding steroid dienone is 1. The number of H-pyrrole nitrogens is 1. The lowest BCUT2D eigenvalue weighted by Crippen LogP contribution is -1.82. The monoisotopic (exact) mass is 211 g/mol. The SMILES string of the molecule is N#CC(C#N)=Cc1cc(F)c2[nH]ccc2c1. The summed E-state index contributed by atoms with van der Waals surface area (Å²) in [5.41, 5.74) is 0.879. The molecule has 0 fully saturated rings. The van der Waals surface area contributed by atoms with Crippen LogP contribution in [0.25, 0.3) is 17.0 Å². The average molecular weight is 211 g/mol. The molecule has 1 N–H and O–H groups in total. The average Bonchev–Trinajstić information content (AvgIpc) is 2.74. The number of nitriles is 2. The molecule has 76 valence electrons. The molecule has 0 amide bonds. The van der Waals surface area contributed by atoms with Gasteiger partial charge < -0.3 is 4.98 Å². The van der Waals surface area contributed by atoms with Crippen molar-refractivity contribution in [3.63, 3.8) is 0 Å². The molecule has 0 saturated carbocycles. The predicted octanol–water partition coefficient (Wildman–Crippen LogP) is 2.74. The molecule has 16 heavy (non-hydrogen) atoms. The van der Waals surface area contributed by atoms with Crippen LogP contribution in [-0.4, -0.2) is 4.98 Å². The Bertz CT molecular complexity index is 637. The Morgan fingerprint density at radius 1 is 1.31 bits per heavy atom. The summed E-state index contributed by atoms with van der Waals surface area (Å²) in [6.45, 7) is 0. The van der Waals surface area contributed by atoms with Crippen molar-refractivity contribution in [1.82, 2.24) is 4.98 Å². The van der Waals surface area contributed by atoms with Crippen molar-refractivity contribution < 1.29 is 4.39 Å². The van der Waals surface area contributed by atoms with E-state index in [-0.39, 0.29) is 5.57 Å². The summed E-state index contributed by atoms with van der Waals surface area (Å²) in [5.74, 6) is -0.399. The topological polar surface area (TPSA) is 63.4 Å². The first-order valence-electron chi connectivity index (χ1n) is 4.53. The minimum atomic E-state index is -0.399. The zero-order valence-corrected chi connectivity index (χ0v) is 8.16. The highest BCUT2D eigenvalue weighted by atomic mass is 19.1. The number of aromatic nitrogens is 1. The van der Waals surface area contributed by atoms with E-state index in [1.807, 2.05) is 0 Å². The van der Waals surface area contributed by atoms with Gasteiger partial charge in [0.25, 0.3) is 0 Å². The minimum absolute atomic E-state index is 0.0470. The minimum Gasteiger partial charge on any atom is -0.359 e. The van der Waals surface area contributed by atoms with E-state index < -0.39 is 5.82 Å². The van der Waals surface area contributed by atoms with Crippen LogP contribution in [0.5, 0.6) is 0 Å². The van der Waals surface area contributed by atoms with Crippen LogP contribution in [0.15, 0.2) is 30.0 Å². The third kappa shape index (κ3) is 1.65. The van der Waals surface area contributed by atoms with Gasteiger partial charge in [0.1, 0.15) is 23.5 Å². The van der Waals surface area contributed by atoms with Crippen molar-refractivity contribution in [3.05, 3.63) is 41.3 Å². The van der Waals surface area contributed by atoms with Crippen LogP contribution in [0.1, 0.15) is 5.56 Å². The largest absolute Gasteiger partial charge is 0.359 e. The highest BCUT2D eigenvalue weighted by molar-refractivity contribution is 5.83. The summed E-state index contributed by atoms with van der Waals surface area (Å²) in [6, 6.07) is 8.19. The zero-order chi connectivity index (χ0) is 11.5. The van der Waals surface area contributed by atoms with Crippen LogP contribution in [0.2, 0.25) is 0 Å². The molecule has 0 bridgehead atoms. The number of nitrogens with one attached hydrogen (secondary N) is 1. The van der Waals surface area contributed by atoms with Gasteiger partial charge in [-0.25, -0.2) is 4.39 Å². The van der Waals surface area contributed by atoms with E-state index in [0.29, 0.717) is 16.5 Å². The molecule has 1 aromatic carbocycles. The molecule has 4 heteroatoms. The molecule has 0 atom stereocenters. The maximum absolute atomic E-state index is 13.5. The molecule has 0 unspecified atom stereocenters. The number of aromatic amines is 1. The Morgan fingerprint density at radius 2 is 2.06 bits per heavy atom. The van der Waals surface area contributed by atoms with E-state index in [1.165, 1.54) is 12.1 Å². The zero-order valence-electron chi connectivity index (χ0n) is 8.16. The van der Waals surface area contributed by atoms with Gasteiger partial charge in [-0.1, -0.05) is 0 Å². The Hall–Kier alpha value is -2.59. The predicted molar refractivity (Wildman–Crippen MR) is 57.5 cm³/mol. The summed E-state index contributed by atoms with van der Waals surface area (Å²) in [4.78, 5) is 2.77. The number of hydrogen-bond acceptors (Lipinski definition) is 2. The summed E-state index contributed by atoms with van der Waals surface area (Å²) < 4.78 is 13.5. The van der Waals surface area contributed by atoms with Crippen LogP contribution in [0.4, 0.5) is 4.39 Å². The van der Waals surface area contributed by atoms with E-state index >= 15 is 0 Å². The number of fused-ring (bicyclic) bond motifs is 1. The Balaban J connectivity index is 2.60. The smallest absolute Gasteiger partial charge is 0.147 e. The molecule has 0 aliphatic heterocycles. The lowest BCUT2D eigenvalue weighted by Gasteiger charge is -1.96. The first-order valence-corrected chi connectivity index (χ1v) is 4.53. The highest BCUT2D eigenvalue weighted by Crippen LogP contribution is 2.20. The van der Waals surface area contributed by atoms with Crippen molar-refractivity contribution in [2.75, 3.05) is 0 Å². The number of nitrogens with zero attached hydrogens (tertiary/aromatic N) is 2. The number of hydrogen-bond donors (Lipinski definition) is 1. The van der Waals surface area contributed by atoms with Crippen molar-refractivity contribution in [3.8, 4) is 12.1 Å². The lowest BCUT2D eigenvalue weighted by molar-refractivity contribution is 0.637. The fourth-order valence-corrected chi connectivity index (χ4v) is 1.49. The van der Waals surface area contributed by atoms with E-state index in [4.69, 9.17) is 10.5 Å². The maximum atomic E-state index is 13.5. The molecule has 0 aliphatic carbocycles. The van der Waals surface area contributed by atoms with Crippen LogP contribution in [-0.2, 0) is 0 Å². The molecule has 0 saturated heterocycles. The Kier molecular flexibility index (Phi) is 2.41. The summed E-state index contributed by atoms with van der Waals surface area (Å²) in [6.07, 6.45) is 2.99. The fraction of sp³-hybridized carbons (Fsp3) is 0. The van der Waals surface area contributed by atoms with Crippen molar-refractivity contribution >= 4 is 17.0 Å². The Morgan fingerprint density at radius 3 is 2.75 bits per heavy atom. The summed E-state index contributed by atoms with van der Waals surface area (Å²) in [5, 5.41) is 17.9.